The number of aryl methyl sites for hydroxylation is 1. The van der Waals surface area contributed by atoms with Crippen LogP contribution in [0.25, 0.3) is 0 Å². The van der Waals surface area contributed by atoms with E-state index in [1.54, 1.807) is 19.9 Å². The summed E-state index contributed by atoms with van der Waals surface area (Å²) in [7, 11) is -3.82. The Balaban J connectivity index is 1.80. The van der Waals surface area contributed by atoms with Crippen LogP contribution in [-0.4, -0.2) is 43.8 Å². The minimum absolute atomic E-state index is 0.124. The van der Waals surface area contributed by atoms with E-state index >= 15 is 0 Å². The largest absolute Gasteiger partial charge is 0.462 e. The fraction of sp³-hybridized carbons (Fsp3) is 0.444. The van der Waals surface area contributed by atoms with Crippen LogP contribution < -0.4 is 5.32 Å². The molecular weight excluding hydrogens is 456 g/mol. The van der Waals surface area contributed by atoms with Crippen LogP contribution in [0.5, 0.6) is 0 Å². The predicted octanol–water partition coefficient (Wildman–Crippen LogP) is 4.13. The average Bonchev–Trinajstić information content (AvgIpc) is 3.28. The molecule has 11 heteroatoms. The van der Waals surface area contributed by atoms with Crippen molar-refractivity contribution in [2.75, 3.05) is 18.5 Å². The summed E-state index contributed by atoms with van der Waals surface area (Å²) in [5, 5.41) is 3.26. The maximum atomic E-state index is 13.0. The number of ether oxygens (including phenoxy) is 1. The number of hydrogen-bond acceptors (Lipinski definition) is 7. The molecule has 0 radical (unpaired) electrons. The minimum Gasteiger partial charge on any atom is -0.462 e. The molecule has 3 rings (SSSR count). The zero-order valence-electron chi connectivity index (χ0n) is 15.9. The molecule has 2 aromatic heterocycles. The Kier molecular flexibility index (Phi) is 7.00. The Bertz CT molecular complexity index is 1010. The Morgan fingerprint density at radius 3 is 2.72 bits per heavy atom. The Morgan fingerprint density at radius 2 is 2.07 bits per heavy atom. The Hall–Kier alpha value is -1.46. The number of halogens is 1. The molecular formula is C18H21ClN2O5S3. The van der Waals surface area contributed by atoms with Crippen molar-refractivity contribution in [2.45, 2.75) is 43.4 Å². The first-order valence-corrected chi connectivity index (χ1v) is 12.5. The van der Waals surface area contributed by atoms with Crippen LogP contribution in [0, 0.1) is 6.92 Å². The van der Waals surface area contributed by atoms with E-state index in [9.17, 15) is 18.0 Å². The van der Waals surface area contributed by atoms with E-state index in [0.29, 0.717) is 32.6 Å². The third kappa shape index (κ3) is 4.83. The van der Waals surface area contributed by atoms with Crippen molar-refractivity contribution in [1.82, 2.24) is 4.31 Å². The molecule has 0 aromatic carbocycles. The zero-order valence-corrected chi connectivity index (χ0v) is 19.1. The van der Waals surface area contributed by atoms with E-state index in [0.717, 1.165) is 29.1 Å². The van der Waals surface area contributed by atoms with Gasteiger partial charge < -0.3 is 10.1 Å². The van der Waals surface area contributed by atoms with Crippen molar-refractivity contribution >= 4 is 61.2 Å². The van der Waals surface area contributed by atoms with Gasteiger partial charge in [-0.2, -0.15) is 4.31 Å². The lowest BCUT2D eigenvalue weighted by Crippen LogP contribution is -2.49. The lowest BCUT2D eigenvalue weighted by molar-refractivity contribution is -0.120. The molecule has 1 N–H and O–H groups in total. The third-order valence-corrected chi connectivity index (χ3v) is 9.23. The molecule has 0 aliphatic carbocycles. The molecule has 1 aliphatic rings. The lowest BCUT2D eigenvalue weighted by Gasteiger charge is -2.33. The summed E-state index contributed by atoms with van der Waals surface area (Å²) in [5.74, 6) is -0.848. The van der Waals surface area contributed by atoms with E-state index in [2.05, 4.69) is 5.32 Å². The van der Waals surface area contributed by atoms with E-state index in [4.69, 9.17) is 16.3 Å². The highest BCUT2D eigenvalue weighted by atomic mass is 35.5. The molecule has 29 heavy (non-hydrogen) atoms. The van der Waals surface area contributed by atoms with Crippen molar-refractivity contribution in [3.05, 3.63) is 33.0 Å². The second-order valence-corrected chi connectivity index (χ2v) is 11.4. The number of amides is 1. The fourth-order valence-corrected chi connectivity index (χ4v) is 7.39. The molecule has 3 heterocycles. The van der Waals surface area contributed by atoms with Crippen LogP contribution in [0.3, 0.4) is 0 Å². The smallest absolute Gasteiger partial charge is 0.348 e. The zero-order chi connectivity index (χ0) is 21.2. The summed E-state index contributed by atoms with van der Waals surface area (Å²) in [6.07, 6.45) is 1.87. The summed E-state index contributed by atoms with van der Waals surface area (Å²) >= 11 is 7.99. The number of hydrogen-bond donors (Lipinski definition) is 1. The highest BCUT2D eigenvalue weighted by Crippen LogP contribution is 2.33. The minimum atomic E-state index is -3.82. The maximum Gasteiger partial charge on any atom is 0.348 e. The molecule has 0 spiro atoms. The number of thiophene rings is 2. The van der Waals surface area contributed by atoms with Gasteiger partial charge in [0, 0.05) is 6.54 Å². The van der Waals surface area contributed by atoms with Crippen LogP contribution >= 0.6 is 34.3 Å². The molecule has 1 unspecified atom stereocenters. The normalized spacial score (nSPS) is 17.8. The molecule has 1 aliphatic heterocycles. The number of rotatable bonds is 6. The fourth-order valence-electron chi connectivity index (χ4n) is 3.15. The molecule has 0 bridgehead atoms. The highest BCUT2D eigenvalue weighted by Gasteiger charge is 2.38. The van der Waals surface area contributed by atoms with Crippen molar-refractivity contribution in [1.29, 1.82) is 0 Å². The van der Waals surface area contributed by atoms with Crippen LogP contribution in [0.2, 0.25) is 4.34 Å². The van der Waals surface area contributed by atoms with Crippen molar-refractivity contribution in [3.63, 3.8) is 0 Å². The molecule has 158 valence electrons. The molecule has 1 saturated heterocycles. The van der Waals surface area contributed by atoms with Crippen molar-refractivity contribution in [3.8, 4) is 0 Å². The quantitative estimate of drug-likeness (QED) is 0.633. The number of sulfonamides is 1. The van der Waals surface area contributed by atoms with Gasteiger partial charge in [0.2, 0.25) is 5.91 Å². The molecule has 1 fully saturated rings. The summed E-state index contributed by atoms with van der Waals surface area (Å²) < 4.78 is 32.8. The average molecular weight is 477 g/mol. The second kappa shape index (κ2) is 9.13. The van der Waals surface area contributed by atoms with Gasteiger partial charge in [-0.1, -0.05) is 18.0 Å². The first-order valence-electron chi connectivity index (χ1n) is 9.09. The first kappa shape index (κ1) is 22.2. The van der Waals surface area contributed by atoms with Gasteiger partial charge in [-0.3, -0.25) is 4.79 Å². The van der Waals surface area contributed by atoms with Gasteiger partial charge in [-0.05, 0) is 50.5 Å². The first-order chi connectivity index (χ1) is 13.7. The number of piperidine rings is 1. The Morgan fingerprint density at radius 1 is 1.31 bits per heavy atom. The summed E-state index contributed by atoms with van der Waals surface area (Å²) in [6, 6.07) is 3.86. The number of carbonyl (C=O) groups is 2. The third-order valence-electron chi connectivity index (χ3n) is 4.49. The lowest BCUT2D eigenvalue weighted by atomic mass is 10.0. The van der Waals surface area contributed by atoms with Crippen LogP contribution in [0.15, 0.2) is 22.4 Å². The molecule has 2 aromatic rings. The van der Waals surface area contributed by atoms with Crippen molar-refractivity contribution in [2.24, 2.45) is 0 Å². The van der Waals surface area contributed by atoms with Crippen LogP contribution in [0.1, 0.15) is 41.4 Å². The number of nitrogens with zero attached hydrogens (tertiary/aromatic N) is 1. The van der Waals surface area contributed by atoms with E-state index < -0.39 is 27.9 Å². The standard InChI is InChI=1S/C18H21ClN2O5S3/c1-3-26-18(23)16-11(2)10-14(28-16)20-17(22)12-6-4-5-9-21(12)29(24,25)15-8-7-13(19)27-15/h7-8,10,12H,3-6,9H2,1-2H3,(H,20,22). The molecule has 0 saturated carbocycles. The van der Waals surface area contributed by atoms with E-state index in [1.165, 1.54) is 16.4 Å². The number of nitrogens with one attached hydrogen (secondary N) is 1. The van der Waals surface area contributed by atoms with E-state index in [1.807, 2.05) is 0 Å². The topological polar surface area (TPSA) is 92.8 Å². The van der Waals surface area contributed by atoms with Gasteiger partial charge in [-0.15, -0.1) is 22.7 Å². The molecule has 1 atom stereocenters. The van der Waals surface area contributed by atoms with Gasteiger partial charge in [0.1, 0.15) is 15.1 Å². The summed E-state index contributed by atoms with van der Waals surface area (Å²) in [5.41, 5.74) is 0.699. The molecule has 1 amide bonds. The Labute approximate surface area is 182 Å². The summed E-state index contributed by atoms with van der Waals surface area (Å²) in [4.78, 5) is 25.3. The number of anilines is 1. The van der Waals surface area contributed by atoms with Gasteiger partial charge in [0.05, 0.1) is 15.9 Å². The highest BCUT2D eigenvalue weighted by molar-refractivity contribution is 7.91. The molecule has 7 nitrogen and oxygen atoms in total. The predicted molar refractivity (Wildman–Crippen MR) is 115 cm³/mol. The van der Waals surface area contributed by atoms with Crippen LogP contribution in [0.4, 0.5) is 5.00 Å². The van der Waals surface area contributed by atoms with Gasteiger partial charge in [-0.25, -0.2) is 13.2 Å². The van der Waals surface area contributed by atoms with Gasteiger partial charge >= 0.3 is 5.97 Å². The second-order valence-electron chi connectivity index (χ2n) is 6.52. The number of esters is 1. The maximum absolute atomic E-state index is 13.0. The van der Waals surface area contributed by atoms with Gasteiger partial charge in [0.15, 0.2) is 0 Å². The summed E-state index contributed by atoms with van der Waals surface area (Å²) in [6.45, 7) is 4.02. The van der Waals surface area contributed by atoms with Crippen molar-refractivity contribution < 1.29 is 22.7 Å². The van der Waals surface area contributed by atoms with Crippen LogP contribution in [-0.2, 0) is 19.6 Å². The van der Waals surface area contributed by atoms with E-state index in [-0.39, 0.29) is 17.4 Å². The monoisotopic (exact) mass is 476 g/mol. The van der Waals surface area contributed by atoms with Gasteiger partial charge in [0.25, 0.3) is 10.0 Å². The SMILES string of the molecule is CCOC(=O)c1sc(NC(=O)C2CCCCN2S(=O)(=O)c2ccc(Cl)s2)cc1C. The number of carbonyl (C=O) groups excluding carboxylic acids is 2.